The molecular formula is C43H37ClN2O5S. The number of carbonyl (C=O) groups is 2. The highest BCUT2D eigenvalue weighted by molar-refractivity contribution is 7.92. The Bertz CT molecular complexity index is 2230. The molecule has 7 nitrogen and oxygen atoms in total. The van der Waals surface area contributed by atoms with Gasteiger partial charge in [0.25, 0.3) is 15.9 Å². The third kappa shape index (κ3) is 8.77. The normalized spacial score (nSPS) is 11.8. The fourth-order valence-corrected chi connectivity index (χ4v) is 7.76. The summed E-state index contributed by atoms with van der Waals surface area (Å²) >= 11 is 6.39. The zero-order chi connectivity index (χ0) is 36.5. The quantitative estimate of drug-likeness (QED) is 0.117. The minimum absolute atomic E-state index is 0.0128. The summed E-state index contributed by atoms with van der Waals surface area (Å²) in [7, 11) is -4.20. The zero-order valence-electron chi connectivity index (χ0n) is 28.2. The number of halogens is 1. The van der Waals surface area contributed by atoms with Gasteiger partial charge in [-0.3, -0.25) is 9.10 Å². The van der Waals surface area contributed by atoms with Crippen molar-refractivity contribution in [2.75, 3.05) is 10.8 Å². The molecule has 0 spiro atoms. The van der Waals surface area contributed by atoms with Crippen LogP contribution in [0.4, 0.5) is 5.69 Å². The summed E-state index contributed by atoms with van der Waals surface area (Å²) in [6, 6.07) is 46.4. The van der Waals surface area contributed by atoms with E-state index in [0.29, 0.717) is 18.4 Å². The summed E-state index contributed by atoms with van der Waals surface area (Å²) in [5, 5.41) is 13.0. The van der Waals surface area contributed by atoms with Crippen molar-refractivity contribution in [1.82, 2.24) is 5.32 Å². The molecule has 2 N–H and O–H groups in total. The summed E-state index contributed by atoms with van der Waals surface area (Å²) in [5.41, 5.74) is 5.61. The highest BCUT2D eigenvalue weighted by Gasteiger charge is 2.30. The van der Waals surface area contributed by atoms with E-state index in [1.54, 1.807) is 24.3 Å². The van der Waals surface area contributed by atoms with E-state index < -0.39 is 27.9 Å². The van der Waals surface area contributed by atoms with Crippen LogP contribution in [0, 0.1) is 0 Å². The van der Waals surface area contributed by atoms with Gasteiger partial charge in [-0.25, -0.2) is 13.2 Å². The van der Waals surface area contributed by atoms with E-state index in [4.69, 9.17) is 11.6 Å². The molecule has 0 saturated carbocycles. The maximum atomic E-state index is 14.5. The second-order valence-corrected chi connectivity index (χ2v) is 14.6. The Hall–Kier alpha value is -5.70. The van der Waals surface area contributed by atoms with Crippen LogP contribution >= 0.6 is 11.6 Å². The molecule has 0 aromatic heterocycles. The summed E-state index contributed by atoms with van der Waals surface area (Å²) in [5.74, 6) is -1.98. The molecule has 0 aliphatic carbocycles. The minimum atomic E-state index is -4.20. The number of rotatable bonds is 14. The number of carbonyl (C=O) groups excluding carboxylic acids is 1. The van der Waals surface area contributed by atoms with E-state index >= 15 is 0 Å². The Kier molecular flexibility index (Phi) is 11.5. The first-order chi connectivity index (χ1) is 25.2. The van der Waals surface area contributed by atoms with Crippen LogP contribution in [-0.4, -0.2) is 38.0 Å². The molecular weight excluding hydrogens is 692 g/mol. The van der Waals surface area contributed by atoms with Gasteiger partial charge in [-0.05, 0) is 76.6 Å². The fourth-order valence-electron chi connectivity index (χ4n) is 6.06. The van der Waals surface area contributed by atoms with Crippen molar-refractivity contribution in [1.29, 1.82) is 0 Å². The van der Waals surface area contributed by atoms with Gasteiger partial charge in [-0.15, -0.1) is 0 Å². The number of hydrogen-bond acceptors (Lipinski definition) is 4. The summed E-state index contributed by atoms with van der Waals surface area (Å²) < 4.78 is 30.1. The predicted octanol–water partition coefficient (Wildman–Crippen LogP) is 8.93. The Morgan fingerprint density at radius 3 is 1.73 bits per heavy atom. The van der Waals surface area contributed by atoms with Crippen molar-refractivity contribution in [2.45, 2.75) is 30.2 Å². The van der Waals surface area contributed by atoms with Crippen LogP contribution in [0.15, 0.2) is 163 Å². The molecule has 0 aliphatic heterocycles. The molecule has 6 aromatic carbocycles. The van der Waals surface area contributed by atoms with Crippen LogP contribution in [0.1, 0.15) is 27.9 Å². The zero-order valence-corrected chi connectivity index (χ0v) is 29.8. The van der Waals surface area contributed by atoms with Gasteiger partial charge in [-0.1, -0.05) is 139 Å². The van der Waals surface area contributed by atoms with Crippen LogP contribution in [0.5, 0.6) is 0 Å². The van der Waals surface area contributed by atoms with E-state index in [2.05, 4.69) is 5.32 Å². The lowest BCUT2D eigenvalue weighted by molar-refractivity contribution is -0.139. The van der Waals surface area contributed by atoms with Crippen molar-refractivity contribution in [3.63, 3.8) is 0 Å². The van der Waals surface area contributed by atoms with Crippen molar-refractivity contribution in [3.8, 4) is 22.3 Å². The first kappa shape index (κ1) is 36.1. The molecule has 1 amide bonds. The van der Waals surface area contributed by atoms with Crippen LogP contribution in [0.3, 0.4) is 0 Å². The average Bonchev–Trinajstić information content (AvgIpc) is 3.18. The lowest BCUT2D eigenvalue weighted by Crippen LogP contribution is -2.43. The molecule has 0 bridgehead atoms. The molecule has 0 heterocycles. The molecule has 0 fully saturated rings. The fraction of sp³-hybridized carbons (Fsp3) is 0.116. The third-order valence-electron chi connectivity index (χ3n) is 8.80. The van der Waals surface area contributed by atoms with Crippen LogP contribution in [0.25, 0.3) is 22.3 Å². The summed E-state index contributed by atoms with van der Waals surface area (Å²) in [6.07, 6.45) is 1.06. The first-order valence-electron chi connectivity index (χ1n) is 16.9. The van der Waals surface area contributed by atoms with E-state index in [1.165, 1.54) is 22.5 Å². The summed E-state index contributed by atoms with van der Waals surface area (Å²) in [4.78, 5) is 26.5. The predicted molar refractivity (Wildman–Crippen MR) is 207 cm³/mol. The molecule has 0 saturated heterocycles. The number of hydrogen-bond donors (Lipinski definition) is 2. The number of anilines is 1. The molecule has 52 heavy (non-hydrogen) atoms. The smallest absolute Gasteiger partial charge is 0.326 e. The number of nitrogens with one attached hydrogen (secondary N) is 1. The monoisotopic (exact) mass is 728 g/mol. The largest absolute Gasteiger partial charge is 0.480 e. The summed E-state index contributed by atoms with van der Waals surface area (Å²) in [6.45, 7) is 0.0513. The van der Waals surface area contributed by atoms with E-state index in [0.717, 1.165) is 27.8 Å². The minimum Gasteiger partial charge on any atom is -0.480 e. The van der Waals surface area contributed by atoms with Crippen LogP contribution < -0.4 is 9.62 Å². The Balaban J connectivity index is 1.29. The van der Waals surface area contributed by atoms with Gasteiger partial charge in [0.05, 0.1) is 16.1 Å². The SMILES string of the molecule is O=C(N[C@@H](Cc1ccc(-c2ccccc2)cc1)C(=O)O)c1cc(Cl)ccc1N(CCCc1ccccc1)S(=O)(=O)c1ccc(-c2ccccc2)cc1. The van der Waals surface area contributed by atoms with Crippen molar-refractivity contribution in [3.05, 3.63) is 179 Å². The Morgan fingerprint density at radius 1 is 0.654 bits per heavy atom. The van der Waals surface area contributed by atoms with E-state index in [-0.39, 0.29) is 34.1 Å². The van der Waals surface area contributed by atoms with Gasteiger partial charge in [0.2, 0.25) is 0 Å². The standard InChI is InChI=1S/C43H37ClN2O5S/c44-37-24-27-41(39(30-37)42(47)45-40(43(48)49)29-32-18-20-35(21-19-32)33-14-6-2-7-15-33)46(28-10-13-31-11-4-1-5-12-31)52(50,51)38-25-22-36(23-26-38)34-16-8-3-9-17-34/h1-9,11-12,14-27,30,40H,10,13,28-29H2,(H,45,47)(H,48,49)/t40-/m0/s1. The molecule has 0 unspecified atom stereocenters. The highest BCUT2D eigenvalue weighted by Crippen LogP contribution is 2.31. The maximum Gasteiger partial charge on any atom is 0.326 e. The molecule has 0 aliphatic rings. The van der Waals surface area contributed by atoms with Gasteiger partial charge in [-0.2, -0.15) is 0 Å². The number of aryl methyl sites for hydroxylation is 1. The van der Waals surface area contributed by atoms with Crippen LogP contribution in [-0.2, 0) is 27.7 Å². The Labute approximate surface area is 309 Å². The van der Waals surface area contributed by atoms with Crippen LogP contribution in [0.2, 0.25) is 5.02 Å². The van der Waals surface area contributed by atoms with E-state index in [1.807, 2.05) is 115 Å². The molecule has 9 heteroatoms. The van der Waals surface area contributed by atoms with Crippen molar-refractivity contribution in [2.24, 2.45) is 0 Å². The lowest BCUT2D eigenvalue weighted by atomic mass is 10.0. The number of carboxylic acid groups (broad SMARTS) is 1. The topological polar surface area (TPSA) is 104 Å². The van der Waals surface area contributed by atoms with Crippen molar-refractivity contribution >= 4 is 39.2 Å². The van der Waals surface area contributed by atoms with Gasteiger partial charge in [0, 0.05) is 18.0 Å². The third-order valence-corrected chi connectivity index (χ3v) is 10.9. The number of amides is 1. The number of sulfonamides is 1. The van der Waals surface area contributed by atoms with Crippen molar-refractivity contribution < 1.29 is 23.1 Å². The second-order valence-electron chi connectivity index (χ2n) is 12.3. The number of nitrogens with zero attached hydrogens (tertiary/aromatic N) is 1. The first-order valence-corrected chi connectivity index (χ1v) is 18.7. The van der Waals surface area contributed by atoms with E-state index in [9.17, 15) is 23.1 Å². The second kappa shape index (κ2) is 16.5. The molecule has 0 radical (unpaired) electrons. The molecule has 262 valence electrons. The van der Waals surface area contributed by atoms with Gasteiger partial charge in [0.15, 0.2) is 0 Å². The van der Waals surface area contributed by atoms with Gasteiger partial charge < -0.3 is 10.4 Å². The number of carboxylic acids is 1. The number of benzene rings is 6. The van der Waals surface area contributed by atoms with Gasteiger partial charge in [0.1, 0.15) is 6.04 Å². The lowest BCUT2D eigenvalue weighted by Gasteiger charge is -2.27. The molecule has 1 atom stereocenters. The van der Waals surface area contributed by atoms with Gasteiger partial charge >= 0.3 is 5.97 Å². The molecule has 6 aromatic rings. The number of aliphatic carboxylic acids is 1. The highest BCUT2D eigenvalue weighted by atomic mass is 35.5. The Morgan fingerprint density at radius 2 is 1.17 bits per heavy atom. The molecule has 6 rings (SSSR count). The maximum absolute atomic E-state index is 14.5. The average molecular weight is 729 g/mol.